The third-order valence-corrected chi connectivity index (χ3v) is 3.68. The standard InChI is InChI=1S/C15H14BrNO3/c1-19-12-5-9(16)4-10(6-12)17-14-8-20-15-7-11(18)2-3-13(14)15/h2-7,14,17-18H,8H2,1H3. The summed E-state index contributed by atoms with van der Waals surface area (Å²) >= 11 is 3.46. The first-order valence-electron chi connectivity index (χ1n) is 6.22. The fourth-order valence-corrected chi connectivity index (χ4v) is 2.76. The van der Waals surface area contributed by atoms with E-state index in [1.54, 1.807) is 19.2 Å². The Balaban J connectivity index is 1.85. The molecular weight excluding hydrogens is 322 g/mol. The molecule has 2 aromatic rings. The first kappa shape index (κ1) is 13.1. The van der Waals surface area contributed by atoms with Gasteiger partial charge in [-0.05, 0) is 24.3 Å². The van der Waals surface area contributed by atoms with E-state index in [4.69, 9.17) is 9.47 Å². The summed E-state index contributed by atoms with van der Waals surface area (Å²) in [5.74, 6) is 1.73. The molecule has 1 aliphatic heterocycles. The number of aromatic hydroxyl groups is 1. The van der Waals surface area contributed by atoms with Gasteiger partial charge in [-0.2, -0.15) is 0 Å². The van der Waals surface area contributed by atoms with Gasteiger partial charge in [0.25, 0.3) is 0 Å². The van der Waals surface area contributed by atoms with Crippen LogP contribution in [-0.4, -0.2) is 18.8 Å². The second-order valence-corrected chi connectivity index (χ2v) is 5.53. The number of rotatable bonds is 3. The van der Waals surface area contributed by atoms with Crippen molar-refractivity contribution >= 4 is 21.6 Å². The summed E-state index contributed by atoms with van der Waals surface area (Å²) in [6.45, 7) is 0.535. The van der Waals surface area contributed by atoms with Crippen LogP contribution in [0, 0.1) is 0 Å². The lowest BCUT2D eigenvalue weighted by atomic mass is 10.1. The maximum absolute atomic E-state index is 9.45. The maximum atomic E-state index is 9.45. The van der Waals surface area contributed by atoms with Gasteiger partial charge in [-0.1, -0.05) is 15.9 Å². The van der Waals surface area contributed by atoms with Crippen LogP contribution in [0.1, 0.15) is 11.6 Å². The van der Waals surface area contributed by atoms with Gasteiger partial charge >= 0.3 is 0 Å². The molecule has 104 valence electrons. The molecular formula is C15H14BrNO3. The monoisotopic (exact) mass is 335 g/mol. The summed E-state index contributed by atoms with van der Waals surface area (Å²) in [7, 11) is 1.64. The summed E-state index contributed by atoms with van der Waals surface area (Å²) < 4.78 is 11.8. The molecule has 1 atom stereocenters. The lowest BCUT2D eigenvalue weighted by Crippen LogP contribution is -2.11. The van der Waals surface area contributed by atoms with Crippen molar-refractivity contribution in [3.63, 3.8) is 0 Å². The summed E-state index contributed by atoms with van der Waals surface area (Å²) in [6.07, 6.45) is 0. The topological polar surface area (TPSA) is 50.7 Å². The van der Waals surface area contributed by atoms with Crippen molar-refractivity contribution in [1.82, 2.24) is 0 Å². The van der Waals surface area contributed by atoms with Crippen LogP contribution in [-0.2, 0) is 0 Å². The number of hydrogen-bond donors (Lipinski definition) is 2. The van der Waals surface area contributed by atoms with Crippen molar-refractivity contribution in [2.75, 3.05) is 19.0 Å². The smallest absolute Gasteiger partial charge is 0.128 e. The molecule has 0 spiro atoms. The Hall–Kier alpha value is -1.88. The Morgan fingerprint density at radius 1 is 1.30 bits per heavy atom. The van der Waals surface area contributed by atoms with E-state index in [0.29, 0.717) is 6.61 Å². The highest BCUT2D eigenvalue weighted by atomic mass is 79.9. The van der Waals surface area contributed by atoms with Gasteiger partial charge in [-0.25, -0.2) is 0 Å². The number of phenolic OH excluding ortho intramolecular Hbond substituents is 1. The fourth-order valence-electron chi connectivity index (χ4n) is 2.28. The number of halogens is 1. The number of phenols is 1. The molecule has 3 rings (SSSR count). The molecule has 0 bridgehead atoms. The first-order valence-corrected chi connectivity index (χ1v) is 7.02. The second-order valence-electron chi connectivity index (χ2n) is 4.61. The minimum absolute atomic E-state index is 0.0598. The van der Waals surface area contributed by atoms with E-state index in [0.717, 1.165) is 27.2 Å². The van der Waals surface area contributed by atoms with E-state index < -0.39 is 0 Å². The number of anilines is 1. The van der Waals surface area contributed by atoms with Crippen LogP contribution < -0.4 is 14.8 Å². The average molecular weight is 336 g/mol. The normalized spacial score (nSPS) is 16.4. The molecule has 0 saturated heterocycles. The quantitative estimate of drug-likeness (QED) is 0.897. The van der Waals surface area contributed by atoms with Gasteiger partial charge in [0, 0.05) is 27.9 Å². The lowest BCUT2D eigenvalue weighted by molar-refractivity contribution is 0.338. The number of methoxy groups -OCH3 is 1. The van der Waals surface area contributed by atoms with Gasteiger partial charge in [0.15, 0.2) is 0 Å². The number of fused-ring (bicyclic) bond motifs is 1. The molecule has 5 heteroatoms. The predicted octanol–water partition coefficient (Wildman–Crippen LogP) is 3.71. The van der Waals surface area contributed by atoms with Crippen LogP contribution in [0.5, 0.6) is 17.2 Å². The molecule has 2 N–H and O–H groups in total. The van der Waals surface area contributed by atoms with E-state index >= 15 is 0 Å². The van der Waals surface area contributed by atoms with Gasteiger partial charge < -0.3 is 19.9 Å². The molecule has 0 aliphatic carbocycles. The van der Waals surface area contributed by atoms with Crippen LogP contribution in [0.25, 0.3) is 0 Å². The van der Waals surface area contributed by atoms with Gasteiger partial charge in [0.05, 0.1) is 13.2 Å². The minimum Gasteiger partial charge on any atom is -0.508 e. The van der Waals surface area contributed by atoms with Gasteiger partial charge in [-0.15, -0.1) is 0 Å². The molecule has 0 aromatic heterocycles. The van der Waals surface area contributed by atoms with E-state index in [2.05, 4.69) is 21.2 Å². The first-order chi connectivity index (χ1) is 9.65. The number of benzene rings is 2. The molecule has 0 amide bonds. The van der Waals surface area contributed by atoms with E-state index in [9.17, 15) is 5.11 Å². The number of nitrogens with one attached hydrogen (secondary N) is 1. The summed E-state index contributed by atoms with van der Waals surface area (Å²) in [5.41, 5.74) is 1.99. The molecule has 20 heavy (non-hydrogen) atoms. The second kappa shape index (κ2) is 5.25. The van der Waals surface area contributed by atoms with Gasteiger partial charge in [-0.3, -0.25) is 0 Å². The average Bonchev–Trinajstić information content (AvgIpc) is 2.80. The summed E-state index contributed by atoms with van der Waals surface area (Å²) in [6, 6.07) is 11.1. The highest BCUT2D eigenvalue weighted by Gasteiger charge is 2.24. The zero-order valence-corrected chi connectivity index (χ0v) is 12.5. The van der Waals surface area contributed by atoms with Crippen LogP contribution in [0.3, 0.4) is 0 Å². The van der Waals surface area contributed by atoms with Crippen molar-refractivity contribution in [2.24, 2.45) is 0 Å². The van der Waals surface area contributed by atoms with Crippen LogP contribution >= 0.6 is 15.9 Å². The van der Waals surface area contributed by atoms with Crippen LogP contribution in [0.15, 0.2) is 40.9 Å². The highest BCUT2D eigenvalue weighted by molar-refractivity contribution is 9.10. The fraction of sp³-hybridized carbons (Fsp3) is 0.200. The third kappa shape index (κ3) is 2.54. The molecule has 1 unspecified atom stereocenters. The van der Waals surface area contributed by atoms with E-state index in [1.807, 2.05) is 24.3 Å². The molecule has 1 heterocycles. The molecule has 0 radical (unpaired) electrons. The maximum Gasteiger partial charge on any atom is 0.128 e. The Bertz CT molecular complexity index is 645. The van der Waals surface area contributed by atoms with Crippen LogP contribution in [0.4, 0.5) is 5.69 Å². The van der Waals surface area contributed by atoms with E-state index in [1.165, 1.54) is 0 Å². The Morgan fingerprint density at radius 2 is 2.15 bits per heavy atom. The predicted molar refractivity (Wildman–Crippen MR) is 80.7 cm³/mol. The lowest BCUT2D eigenvalue weighted by Gasteiger charge is -2.14. The van der Waals surface area contributed by atoms with Crippen molar-refractivity contribution in [3.8, 4) is 17.2 Å². The molecule has 0 saturated carbocycles. The summed E-state index contributed by atoms with van der Waals surface area (Å²) in [5, 5.41) is 12.9. The SMILES string of the molecule is COc1cc(Br)cc(NC2COc3cc(O)ccc32)c1. The zero-order valence-electron chi connectivity index (χ0n) is 10.9. The minimum atomic E-state index is 0.0598. The molecule has 4 nitrogen and oxygen atoms in total. The van der Waals surface area contributed by atoms with E-state index in [-0.39, 0.29) is 11.8 Å². The van der Waals surface area contributed by atoms with Crippen molar-refractivity contribution < 1.29 is 14.6 Å². The van der Waals surface area contributed by atoms with Crippen molar-refractivity contribution in [1.29, 1.82) is 0 Å². The Kier molecular flexibility index (Phi) is 3.44. The highest BCUT2D eigenvalue weighted by Crippen LogP contribution is 2.37. The van der Waals surface area contributed by atoms with Crippen LogP contribution in [0.2, 0.25) is 0 Å². The Labute approximate surface area is 125 Å². The number of hydrogen-bond acceptors (Lipinski definition) is 4. The Morgan fingerprint density at radius 3 is 2.95 bits per heavy atom. The van der Waals surface area contributed by atoms with Gasteiger partial charge in [0.2, 0.25) is 0 Å². The number of ether oxygens (including phenoxy) is 2. The van der Waals surface area contributed by atoms with Crippen molar-refractivity contribution in [2.45, 2.75) is 6.04 Å². The van der Waals surface area contributed by atoms with Gasteiger partial charge in [0.1, 0.15) is 23.9 Å². The molecule has 2 aromatic carbocycles. The molecule has 1 aliphatic rings. The third-order valence-electron chi connectivity index (χ3n) is 3.23. The largest absolute Gasteiger partial charge is 0.508 e. The zero-order chi connectivity index (χ0) is 14.1. The van der Waals surface area contributed by atoms with Crippen molar-refractivity contribution in [3.05, 3.63) is 46.4 Å². The summed E-state index contributed by atoms with van der Waals surface area (Å²) in [4.78, 5) is 0. The molecule has 0 fully saturated rings.